The summed E-state index contributed by atoms with van der Waals surface area (Å²) in [7, 11) is 0. The second-order valence-electron chi connectivity index (χ2n) is 4.15. The Morgan fingerprint density at radius 1 is 1.30 bits per heavy atom. The molecule has 0 radical (unpaired) electrons. The van der Waals surface area contributed by atoms with Gasteiger partial charge < -0.3 is 0 Å². The lowest BCUT2D eigenvalue weighted by atomic mass is 10.2. The fraction of sp³-hybridized carbons (Fsp3) is 0.133. The number of carbonyl (C=O) groups is 1. The summed E-state index contributed by atoms with van der Waals surface area (Å²) in [6.07, 6.45) is 3.20. The van der Waals surface area contributed by atoms with Crippen LogP contribution < -0.4 is 5.43 Å². The molecule has 0 aliphatic heterocycles. The fourth-order valence-corrected chi connectivity index (χ4v) is 2.13. The summed E-state index contributed by atoms with van der Waals surface area (Å²) in [6.45, 7) is 2.04. The third-order valence-electron chi connectivity index (χ3n) is 2.46. The van der Waals surface area contributed by atoms with Crippen LogP contribution in [0.15, 0.2) is 58.7 Å². The van der Waals surface area contributed by atoms with Gasteiger partial charge in [0.15, 0.2) is 0 Å². The van der Waals surface area contributed by atoms with Crippen molar-refractivity contribution in [3.05, 3.63) is 59.9 Å². The van der Waals surface area contributed by atoms with Crippen molar-refractivity contribution in [2.75, 3.05) is 5.75 Å². The van der Waals surface area contributed by atoms with Crippen molar-refractivity contribution in [3.8, 4) is 0 Å². The molecule has 1 aromatic heterocycles. The molecule has 0 saturated heterocycles. The van der Waals surface area contributed by atoms with Gasteiger partial charge in [-0.3, -0.25) is 9.78 Å². The Balaban J connectivity index is 1.76. The summed E-state index contributed by atoms with van der Waals surface area (Å²) in [4.78, 5) is 16.7. The summed E-state index contributed by atoms with van der Waals surface area (Å²) in [5.41, 5.74) is 4.40. The van der Waals surface area contributed by atoms with Crippen LogP contribution >= 0.6 is 11.8 Å². The molecule has 1 aromatic carbocycles. The summed E-state index contributed by atoms with van der Waals surface area (Å²) < 4.78 is 0. The Morgan fingerprint density at radius 3 is 2.80 bits per heavy atom. The molecular weight excluding hydrogens is 270 g/mol. The van der Waals surface area contributed by atoms with E-state index in [4.69, 9.17) is 0 Å². The number of thioether (sulfide) groups is 1. The number of hydrogen-bond donors (Lipinski definition) is 1. The number of rotatable bonds is 5. The second kappa shape index (κ2) is 7.45. The average Bonchev–Trinajstić information content (AvgIpc) is 2.48. The maximum Gasteiger partial charge on any atom is 0.250 e. The van der Waals surface area contributed by atoms with E-state index < -0.39 is 0 Å². The molecule has 0 unspecified atom stereocenters. The molecule has 0 bridgehead atoms. The standard InChI is InChI=1S/C15H15N3OS/c1-12-5-7-14(8-6-12)20-11-15(19)18-17-10-13-4-2-3-9-16-13/h2-10H,11H2,1H3,(H,18,19). The van der Waals surface area contributed by atoms with Crippen molar-refractivity contribution in [2.45, 2.75) is 11.8 Å². The Morgan fingerprint density at radius 2 is 2.10 bits per heavy atom. The maximum absolute atomic E-state index is 11.6. The van der Waals surface area contributed by atoms with Gasteiger partial charge in [-0.05, 0) is 31.2 Å². The van der Waals surface area contributed by atoms with Crippen LogP contribution in [-0.2, 0) is 4.79 Å². The van der Waals surface area contributed by atoms with Gasteiger partial charge in [0.2, 0.25) is 5.91 Å². The predicted molar refractivity (Wildman–Crippen MR) is 81.9 cm³/mol. The molecule has 1 amide bonds. The first-order chi connectivity index (χ1) is 9.74. The molecule has 4 nitrogen and oxygen atoms in total. The van der Waals surface area contributed by atoms with Gasteiger partial charge in [0.25, 0.3) is 0 Å². The molecule has 20 heavy (non-hydrogen) atoms. The van der Waals surface area contributed by atoms with E-state index in [2.05, 4.69) is 15.5 Å². The van der Waals surface area contributed by atoms with Crippen LogP contribution in [-0.4, -0.2) is 22.9 Å². The zero-order valence-corrected chi connectivity index (χ0v) is 11.9. The highest BCUT2D eigenvalue weighted by Crippen LogP contribution is 2.17. The maximum atomic E-state index is 11.6. The van der Waals surface area contributed by atoms with Crippen molar-refractivity contribution in [2.24, 2.45) is 5.10 Å². The van der Waals surface area contributed by atoms with Gasteiger partial charge >= 0.3 is 0 Å². The van der Waals surface area contributed by atoms with Crippen LogP contribution in [0.2, 0.25) is 0 Å². The Hall–Kier alpha value is -2.14. The summed E-state index contributed by atoms with van der Waals surface area (Å²) >= 11 is 1.48. The molecule has 2 aromatic rings. The van der Waals surface area contributed by atoms with Gasteiger partial charge in [-0.15, -0.1) is 11.8 Å². The van der Waals surface area contributed by atoms with Crippen LogP contribution in [0.1, 0.15) is 11.3 Å². The van der Waals surface area contributed by atoms with Gasteiger partial charge in [0.1, 0.15) is 0 Å². The van der Waals surface area contributed by atoms with E-state index in [1.807, 2.05) is 49.4 Å². The number of amides is 1. The number of nitrogens with zero attached hydrogens (tertiary/aromatic N) is 2. The van der Waals surface area contributed by atoms with Crippen molar-refractivity contribution >= 4 is 23.9 Å². The van der Waals surface area contributed by atoms with E-state index in [-0.39, 0.29) is 5.91 Å². The first kappa shape index (κ1) is 14.3. The predicted octanol–water partition coefficient (Wildman–Crippen LogP) is 2.63. The highest BCUT2D eigenvalue weighted by atomic mass is 32.2. The van der Waals surface area contributed by atoms with E-state index in [0.717, 1.165) is 4.90 Å². The Kier molecular flexibility index (Phi) is 5.32. The molecule has 0 aliphatic rings. The first-order valence-electron chi connectivity index (χ1n) is 6.16. The number of hydrogen-bond acceptors (Lipinski definition) is 4. The van der Waals surface area contributed by atoms with Crippen LogP contribution in [0, 0.1) is 6.92 Å². The minimum Gasteiger partial charge on any atom is -0.272 e. The van der Waals surface area contributed by atoms with Gasteiger partial charge in [0, 0.05) is 11.1 Å². The molecule has 5 heteroatoms. The lowest BCUT2D eigenvalue weighted by Crippen LogP contribution is -2.19. The van der Waals surface area contributed by atoms with E-state index >= 15 is 0 Å². The zero-order valence-electron chi connectivity index (χ0n) is 11.1. The highest BCUT2D eigenvalue weighted by Gasteiger charge is 2.01. The number of pyridine rings is 1. The number of benzene rings is 1. The van der Waals surface area contributed by atoms with Gasteiger partial charge in [0.05, 0.1) is 17.7 Å². The SMILES string of the molecule is Cc1ccc(SCC(=O)NN=Cc2ccccn2)cc1. The molecule has 0 fully saturated rings. The van der Waals surface area contributed by atoms with Crippen molar-refractivity contribution in [1.29, 1.82) is 0 Å². The topological polar surface area (TPSA) is 54.4 Å². The third-order valence-corrected chi connectivity index (χ3v) is 3.48. The summed E-state index contributed by atoms with van der Waals surface area (Å²) in [5.74, 6) is 0.200. The monoisotopic (exact) mass is 285 g/mol. The zero-order chi connectivity index (χ0) is 14.2. The van der Waals surface area contributed by atoms with Crippen LogP contribution in [0.3, 0.4) is 0 Å². The molecule has 2 rings (SSSR count). The van der Waals surface area contributed by atoms with Gasteiger partial charge in [-0.2, -0.15) is 5.10 Å². The van der Waals surface area contributed by atoms with Crippen molar-refractivity contribution < 1.29 is 4.79 Å². The molecule has 1 heterocycles. The smallest absolute Gasteiger partial charge is 0.250 e. The van der Waals surface area contributed by atoms with Gasteiger partial charge in [-0.1, -0.05) is 23.8 Å². The minimum absolute atomic E-state index is 0.136. The summed E-state index contributed by atoms with van der Waals surface area (Å²) in [6, 6.07) is 13.6. The number of nitrogens with one attached hydrogen (secondary N) is 1. The number of hydrazone groups is 1. The average molecular weight is 285 g/mol. The molecule has 0 saturated carbocycles. The molecule has 0 atom stereocenters. The largest absolute Gasteiger partial charge is 0.272 e. The first-order valence-corrected chi connectivity index (χ1v) is 7.15. The molecule has 0 aliphatic carbocycles. The summed E-state index contributed by atoms with van der Waals surface area (Å²) in [5, 5.41) is 3.87. The Bertz CT molecular complexity index is 582. The minimum atomic E-state index is -0.136. The molecular formula is C15H15N3OS. The second-order valence-corrected chi connectivity index (χ2v) is 5.20. The Labute approximate surface area is 122 Å². The highest BCUT2D eigenvalue weighted by molar-refractivity contribution is 8.00. The normalized spacial score (nSPS) is 10.7. The lowest BCUT2D eigenvalue weighted by molar-refractivity contribution is -0.118. The van der Waals surface area contributed by atoms with E-state index in [1.54, 1.807) is 6.20 Å². The molecule has 102 valence electrons. The number of carbonyl (C=O) groups excluding carboxylic acids is 1. The molecule has 0 spiro atoms. The van der Waals surface area contributed by atoms with E-state index in [0.29, 0.717) is 11.4 Å². The van der Waals surface area contributed by atoms with Crippen molar-refractivity contribution in [3.63, 3.8) is 0 Å². The number of aromatic nitrogens is 1. The van der Waals surface area contributed by atoms with Gasteiger partial charge in [-0.25, -0.2) is 5.43 Å². The number of aryl methyl sites for hydroxylation is 1. The fourth-order valence-electron chi connectivity index (χ4n) is 1.44. The van der Waals surface area contributed by atoms with Crippen molar-refractivity contribution in [1.82, 2.24) is 10.4 Å². The third kappa shape index (κ3) is 4.85. The lowest BCUT2D eigenvalue weighted by Gasteiger charge is -2.01. The quantitative estimate of drug-likeness (QED) is 0.522. The van der Waals surface area contributed by atoms with E-state index in [9.17, 15) is 4.79 Å². The molecule has 1 N–H and O–H groups in total. The van der Waals surface area contributed by atoms with E-state index in [1.165, 1.54) is 23.5 Å². The van der Waals surface area contributed by atoms with Crippen LogP contribution in [0.5, 0.6) is 0 Å². The van der Waals surface area contributed by atoms with Crippen LogP contribution in [0.4, 0.5) is 0 Å². The van der Waals surface area contributed by atoms with Crippen LogP contribution in [0.25, 0.3) is 0 Å².